The molecule has 0 radical (unpaired) electrons. The van der Waals surface area contributed by atoms with Crippen molar-refractivity contribution >= 4 is 17.5 Å². The summed E-state index contributed by atoms with van der Waals surface area (Å²) in [5.41, 5.74) is 1.94. The molecule has 0 aromatic heterocycles. The Bertz CT molecular complexity index is 1040. The van der Waals surface area contributed by atoms with Gasteiger partial charge in [-0.05, 0) is 29.8 Å². The summed E-state index contributed by atoms with van der Waals surface area (Å²) in [6.07, 6.45) is 0.0640. The molecule has 0 spiro atoms. The Balaban J connectivity index is 1.72. The molecule has 33 heavy (non-hydrogen) atoms. The largest absolute Gasteiger partial charge is 0.493 e. The van der Waals surface area contributed by atoms with Crippen molar-refractivity contribution < 1.29 is 23.8 Å². The second kappa shape index (κ2) is 12.3. The number of hydrogen-bond donors (Lipinski definition) is 2. The lowest BCUT2D eigenvalue weighted by Gasteiger charge is -2.19. The highest BCUT2D eigenvalue weighted by atomic mass is 16.5. The van der Waals surface area contributed by atoms with E-state index in [0.717, 1.165) is 5.56 Å². The number of carbonyl (C=O) groups is 2. The molecule has 7 heteroatoms. The van der Waals surface area contributed by atoms with Crippen LogP contribution in [0.25, 0.3) is 0 Å². The Labute approximate surface area is 193 Å². The zero-order valence-electron chi connectivity index (χ0n) is 18.7. The predicted molar refractivity (Wildman–Crippen MR) is 127 cm³/mol. The molecule has 0 aliphatic heterocycles. The standard InChI is InChI=1S/C26H28N2O5/c1-31-15-16-33-24-17-21(13-14-23(24)32-2)27-25(29)18-22(19-9-5-3-6-10-19)28-26(30)20-11-7-4-8-12-20/h3-14,17,22H,15-16,18H2,1-2H3,(H,27,29)(H,28,30). The predicted octanol–water partition coefficient (Wildman–Crippen LogP) is 4.22. The van der Waals surface area contributed by atoms with E-state index in [4.69, 9.17) is 14.2 Å². The van der Waals surface area contributed by atoms with Gasteiger partial charge in [0.05, 0.1) is 26.2 Å². The topological polar surface area (TPSA) is 85.9 Å². The highest BCUT2D eigenvalue weighted by Gasteiger charge is 2.20. The van der Waals surface area contributed by atoms with E-state index in [-0.39, 0.29) is 18.2 Å². The van der Waals surface area contributed by atoms with Crippen LogP contribution in [-0.4, -0.2) is 39.2 Å². The Morgan fingerprint density at radius 2 is 1.55 bits per heavy atom. The van der Waals surface area contributed by atoms with Crippen LogP contribution in [0.4, 0.5) is 5.69 Å². The van der Waals surface area contributed by atoms with Crippen LogP contribution in [0.2, 0.25) is 0 Å². The van der Waals surface area contributed by atoms with Crippen LogP contribution in [0.15, 0.2) is 78.9 Å². The van der Waals surface area contributed by atoms with E-state index in [1.54, 1.807) is 56.7 Å². The maximum absolute atomic E-state index is 12.9. The Hall–Kier alpha value is -3.84. The van der Waals surface area contributed by atoms with Crippen molar-refractivity contribution in [2.75, 3.05) is 32.8 Å². The lowest BCUT2D eigenvalue weighted by Crippen LogP contribution is -2.31. The van der Waals surface area contributed by atoms with Crippen molar-refractivity contribution in [1.82, 2.24) is 5.32 Å². The molecule has 0 saturated carbocycles. The van der Waals surface area contributed by atoms with Crippen LogP contribution in [0, 0.1) is 0 Å². The molecule has 0 heterocycles. The number of nitrogens with one attached hydrogen (secondary N) is 2. The summed E-state index contributed by atoms with van der Waals surface area (Å²) < 4.78 is 16.0. The van der Waals surface area contributed by atoms with Gasteiger partial charge in [-0.25, -0.2) is 0 Å². The van der Waals surface area contributed by atoms with Gasteiger partial charge in [0.1, 0.15) is 6.61 Å². The molecule has 0 bridgehead atoms. The first kappa shape index (κ1) is 23.8. The molecule has 3 aromatic rings. The molecule has 0 fully saturated rings. The van der Waals surface area contributed by atoms with Gasteiger partial charge < -0.3 is 24.8 Å². The van der Waals surface area contributed by atoms with E-state index < -0.39 is 6.04 Å². The lowest BCUT2D eigenvalue weighted by atomic mass is 10.0. The molecular weight excluding hydrogens is 420 g/mol. The van der Waals surface area contributed by atoms with E-state index in [2.05, 4.69) is 10.6 Å². The van der Waals surface area contributed by atoms with Gasteiger partial charge >= 0.3 is 0 Å². The second-order valence-electron chi connectivity index (χ2n) is 7.26. The van der Waals surface area contributed by atoms with Crippen molar-refractivity contribution in [3.63, 3.8) is 0 Å². The fourth-order valence-corrected chi connectivity index (χ4v) is 3.27. The first-order valence-corrected chi connectivity index (χ1v) is 10.6. The summed E-state index contributed by atoms with van der Waals surface area (Å²) in [4.78, 5) is 25.6. The number of ether oxygens (including phenoxy) is 3. The minimum atomic E-state index is -0.491. The van der Waals surface area contributed by atoms with Gasteiger partial charge in [-0.1, -0.05) is 48.5 Å². The smallest absolute Gasteiger partial charge is 0.251 e. The average molecular weight is 449 g/mol. The normalized spacial score (nSPS) is 11.3. The zero-order chi connectivity index (χ0) is 23.5. The van der Waals surface area contributed by atoms with Crippen molar-refractivity contribution in [1.29, 1.82) is 0 Å². The quantitative estimate of drug-likeness (QED) is 0.429. The van der Waals surface area contributed by atoms with Gasteiger partial charge in [-0.2, -0.15) is 0 Å². The maximum Gasteiger partial charge on any atom is 0.251 e. The molecule has 1 unspecified atom stereocenters. The fraction of sp³-hybridized carbons (Fsp3) is 0.231. The molecule has 2 N–H and O–H groups in total. The molecule has 172 valence electrons. The molecule has 0 aliphatic carbocycles. The summed E-state index contributed by atoms with van der Waals surface area (Å²) in [7, 11) is 3.15. The van der Waals surface area contributed by atoms with Gasteiger partial charge in [-0.3, -0.25) is 9.59 Å². The Morgan fingerprint density at radius 1 is 0.848 bits per heavy atom. The SMILES string of the molecule is COCCOc1cc(NC(=O)CC(NC(=O)c2ccccc2)c2ccccc2)ccc1OC. The average Bonchev–Trinajstić information content (AvgIpc) is 2.85. The molecule has 3 aromatic carbocycles. The molecule has 1 atom stereocenters. The number of benzene rings is 3. The molecule has 0 aliphatic rings. The second-order valence-corrected chi connectivity index (χ2v) is 7.26. The van der Waals surface area contributed by atoms with E-state index in [9.17, 15) is 9.59 Å². The Kier molecular flexibility index (Phi) is 8.85. The van der Waals surface area contributed by atoms with Crippen LogP contribution < -0.4 is 20.1 Å². The molecule has 3 rings (SSSR count). The Morgan fingerprint density at radius 3 is 2.21 bits per heavy atom. The summed E-state index contributed by atoms with van der Waals surface area (Å²) >= 11 is 0. The number of rotatable bonds is 11. The molecule has 2 amide bonds. The van der Waals surface area contributed by atoms with Gasteiger partial charge in [0, 0.05) is 24.4 Å². The van der Waals surface area contributed by atoms with E-state index in [1.165, 1.54) is 0 Å². The van der Waals surface area contributed by atoms with Crippen LogP contribution in [-0.2, 0) is 9.53 Å². The third kappa shape index (κ3) is 7.08. The zero-order valence-corrected chi connectivity index (χ0v) is 18.7. The summed E-state index contributed by atoms with van der Waals surface area (Å²) in [5, 5.41) is 5.85. The van der Waals surface area contributed by atoms with Crippen LogP contribution in [0.1, 0.15) is 28.4 Å². The van der Waals surface area contributed by atoms with Crippen molar-refractivity contribution in [2.24, 2.45) is 0 Å². The van der Waals surface area contributed by atoms with Crippen LogP contribution in [0.5, 0.6) is 11.5 Å². The van der Waals surface area contributed by atoms with Gasteiger partial charge in [0.2, 0.25) is 5.91 Å². The van der Waals surface area contributed by atoms with Crippen LogP contribution >= 0.6 is 0 Å². The minimum Gasteiger partial charge on any atom is -0.493 e. The van der Waals surface area contributed by atoms with Crippen molar-refractivity contribution in [3.8, 4) is 11.5 Å². The monoisotopic (exact) mass is 448 g/mol. The fourth-order valence-electron chi connectivity index (χ4n) is 3.27. The highest BCUT2D eigenvalue weighted by Crippen LogP contribution is 2.30. The lowest BCUT2D eigenvalue weighted by molar-refractivity contribution is -0.116. The number of amides is 2. The minimum absolute atomic E-state index is 0.0640. The number of methoxy groups -OCH3 is 2. The van der Waals surface area contributed by atoms with Crippen molar-refractivity contribution in [3.05, 3.63) is 90.0 Å². The van der Waals surface area contributed by atoms with E-state index >= 15 is 0 Å². The van der Waals surface area contributed by atoms with Gasteiger partial charge in [0.25, 0.3) is 5.91 Å². The molecule has 7 nitrogen and oxygen atoms in total. The summed E-state index contributed by atoms with van der Waals surface area (Å²) in [6.45, 7) is 0.783. The highest BCUT2D eigenvalue weighted by molar-refractivity contribution is 5.96. The van der Waals surface area contributed by atoms with Crippen molar-refractivity contribution in [2.45, 2.75) is 12.5 Å². The van der Waals surface area contributed by atoms with E-state index in [1.807, 2.05) is 36.4 Å². The first-order valence-electron chi connectivity index (χ1n) is 10.6. The maximum atomic E-state index is 12.9. The number of anilines is 1. The molecule has 0 saturated heterocycles. The van der Waals surface area contributed by atoms with Gasteiger partial charge in [-0.15, -0.1) is 0 Å². The summed E-state index contributed by atoms with van der Waals surface area (Å²) in [6, 6.07) is 23.0. The number of carbonyl (C=O) groups excluding carboxylic acids is 2. The summed E-state index contributed by atoms with van der Waals surface area (Å²) in [5.74, 6) is 0.575. The third-order valence-electron chi connectivity index (χ3n) is 4.93. The molecular formula is C26H28N2O5. The third-order valence-corrected chi connectivity index (χ3v) is 4.93. The van der Waals surface area contributed by atoms with E-state index in [0.29, 0.717) is 36.0 Å². The van der Waals surface area contributed by atoms with Gasteiger partial charge in [0.15, 0.2) is 11.5 Å². The first-order chi connectivity index (χ1) is 16.1. The number of hydrogen-bond acceptors (Lipinski definition) is 5. The van der Waals surface area contributed by atoms with Crippen LogP contribution in [0.3, 0.4) is 0 Å².